The normalized spacial score (nSPS) is 11.0. The highest BCUT2D eigenvalue weighted by Crippen LogP contribution is 2.16. The number of fused-ring (bicyclic) bond motifs is 1. The van der Waals surface area contributed by atoms with Crippen LogP contribution < -0.4 is 9.67 Å². The van der Waals surface area contributed by atoms with E-state index in [1.807, 2.05) is 23.0 Å². The van der Waals surface area contributed by atoms with Crippen molar-refractivity contribution in [1.29, 1.82) is 0 Å². The van der Waals surface area contributed by atoms with Crippen LogP contribution in [-0.4, -0.2) is 28.8 Å². The van der Waals surface area contributed by atoms with E-state index in [0.717, 1.165) is 14.2 Å². The van der Waals surface area contributed by atoms with E-state index in [4.69, 9.17) is 27.2 Å². The van der Waals surface area contributed by atoms with Crippen molar-refractivity contribution in [3.05, 3.63) is 22.4 Å². The molecular formula is C10H9F3N2O3S2. The summed E-state index contributed by atoms with van der Waals surface area (Å²) < 4.78 is 35.4. The van der Waals surface area contributed by atoms with Gasteiger partial charge >= 0.3 is 6.18 Å². The van der Waals surface area contributed by atoms with Gasteiger partial charge < -0.3 is 20.0 Å². The van der Waals surface area contributed by atoms with Crippen molar-refractivity contribution in [3.8, 4) is 0 Å². The fourth-order valence-electron chi connectivity index (χ4n) is 1.20. The summed E-state index contributed by atoms with van der Waals surface area (Å²) in [7, 11) is 0. The van der Waals surface area contributed by atoms with Crippen molar-refractivity contribution in [1.82, 2.24) is 4.98 Å². The Labute approximate surface area is 119 Å². The highest BCUT2D eigenvalue weighted by molar-refractivity contribution is 7.73. The number of hydrogen-bond donors (Lipinski definition) is 2. The van der Waals surface area contributed by atoms with E-state index in [0.29, 0.717) is 6.54 Å². The van der Waals surface area contributed by atoms with Gasteiger partial charge in [-0.05, 0) is 12.2 Å². The highest BCUT2D eigenvalue weighted by atomic mass is 32.1. The molecule has 2 aromatic heterocycles. The van der Waals surface area contributed by atoms with Gasteiger partial charge in [-0.15, -0.1) is 11.3 Å². The Hall–Kier alpha value is -1.52. The Bertz CT molecular complexity index is 651. The van der Waals surface area contributed by atoms with Crippen LogP contribution in [0.1, 0.15) is 0 Å². The maximum atomic E-state index is 10.5. The van der Waals surface area contributed by atoms with E-state index in [9.17, 15) is 13.2 Å². The third-order valence-electron chi connectivity index (χ3n) is 2.01. The second-order valence-electron chi connectivity index (χ2n) is 3.48. The molecule has 0 aromatic carbocycles. The summed E-state index contributed by atoms with van der Waals surface area (Å²) in [5.41, 5.74) is 1.03. The molecule has 0 fully saturated rings. The molecule has 0 radical (unpaired) electrons. The van der Waals surface area contributed by atoms with E-state index in [1.165, 1.54) is 0 Å². The summed E-state index contributed by atoms with van der Waals surface area (Å²) in [6.45, 7) is 0.771. The molecule has 0 saturated carbocycles. The number of halogens is 3. The van der Waals surface area contributed by atoms with Crippen molar-refractivity contribution in [3.63, 3.8) is 0 Å². The third kappa shape index (κ3) is 4.87. The van der Waals surface area contributed by atoms with Crippen LogP contribution in [0.4, 0.5) is 13.2 Å². The monoisotopic (exact) mass is 326 g/mol. The molecule has 20 heavy (non-hydrogen) atoms. The molecule has 0 saturated heterocycles. The highest BCUT2D eigenvalue weighted by Gasteiger charge is 2.28. The molecule has 2 aromatic rings. The molecule has 0 amide bonds. The molecule has 5 nitrogen and oxygen atoms in total. The van der Waals surface area contributed by atoms with Gasteiger partial charge in [-0.3, -0.25) is 0 Å². The second kappa shape index (κ2) is 6.77. The van der Waals surface area contributed by atoms with Crippen molar-refractivity contribution in [2.75, 3.05) is 6.61 Å². The summed E-state index contributed by atoms with van der Waals surface area (Å²) in [4.78, 5) is 11.9. The van der Waals surface area contributed by atoms with Crippen molar-refractivity contribution in [2.24, 2.45) is 0 Å². The van der Waals surface area contributed by atoms with E-state index in [1.54, 1.807) is 11.3 Å². The lowest BCUT2D eigenvalue weighted by Gasteiger charge is -2.03. The zero-order chi connectivity index (χ0) is 15.3. The first-order chi connectivity index (χ1) is 9.24. The van der Waals surface area contributed by atoms with Crippen LogP contribution >= 0.6 is 23.6 Å². The SMILES string of the molecule is O=C([O-])C(F)(F)F.OCC[n+]1ccc2sc(=S)[nH]c2c1. The van der Waals surface area contributed by atoms with Crippen LogP contribution in [0.25, 0.3) is 10.2 Å². The largest absolute Gasteiger partial charge is 0.542 e. The number of carbonyl (C=O) groups excluding carboxylic acids is 1. The van der Waals surface area contributed by atoms with Crippen LogP contribution in [-0.2, 0) is 11.3 Å². The average molecular weight is 326 g/mol. The summed E-state index contributed by atoms with van der Waals surface area (Å²) in [6, 6.07) is 2.00. The van der Waals surface area contributed by atoms with Gasteiger partial charge in [0, 0.05) is 6.07 Å². The number of hydrogen-bond acceptors (Lipinski definition) is 5. The van der Waals surface area contributed by atoms with Crippen LogP contribution in [0.3, 0.4) is 0 Å². The number of aromatic nitrogens is 2. The number of H-pyrrole nitrogens is 1. The molecule has 2 heterocycles. The molecule has 0 unspecified atom stereocenters. The first-order valence-electron chi connectivity index (χ1n) is 5.15. The Morgan fingerprint density at radius 1 is 1.55 bits per heavy atom. The lowest BCUT2D eigenvalue weighted by atomic mass is 10.4. The van der Waals surface area contributed by atoms with Crippen molar-refractivity contribution in [2.45, 2.75) is 12.7 Å². The quantitative estimate of drug-likeness (QED) is 0.623. The Morgan fingerprint density at radius 3 is 2.65 bits per heavy atom. The number of pyridine rings is 1. The number of nitrogens with zero attached hydrogens (tertiary/aromatic N) is 1. The van der Waals surface area contributed by atoms with Gasteiger partial charge in [0.1, 0.15) is 18.1 Å². The summed E-state index contributed by atoms with van der Waals surface area (Å²) in [6.07, 6.45) is -1.30. The Morgan fingerprint density at radius 2 is 2.15 bits per heavy atom. The number of carboxylic acid groups (broad SMARTS) is 1. The summed E-state index contributed by atoms with van der Waals surface area (Å²) in [5, 5.41) is 17.5. The van der Waals surface area contributed by atoms with E-state index < -0.39 is 12.1 Å². The molecule has 0 aliphatic rings. The first kappa shape index (κ1) is 16.5. The zero-order valence-electron chi connectivity index (χ0n) is 9.81. The van der Waals surface area contributed by atoms with Crippen molar-refractivity contribution < 1.29 is 32.7 Å². The number of aromatic amines is 1. The number of nitrogens with one attached hydrogen (secondary N) is 1. The van der Waals surface area contributed by atoms with Gasteiger partial charge in [-0.2, -0.15) is 13.2 Å². The molecule has 0 aliphatic heterocycles. The predicted octanol–water partition coefficient (Wildman–Crippen LogP) is 0.537. The molecule has 0 bridgehead atoms. The minimum absolute atomic E-state index is 0.154. The van der Waals surface area contributed by atoms with Crippen molar-refractivity contribution >= 4 is 39.7 Å². The lowest BCUT2D eigenvalue weighted by molar-refractivity contribution is -0.696. The average Bonchev–Trinajstić information content (AvgIpc) is 2.68. The van der Waals surface area contributed by atoms with E-state index >= 15 is 0 Å². The topological polar surface area (TPSA) is 80.0 Å². The van der Waals surface area contributed by atoms with Gasteiger partial charge in [0.25, 0.3) is 0 Å². The first-order valence-corrected chi connectivity index (χ1v) is 6.37. The maximum Gasteiger partial charge on any atom is 0.430 e. The van der Waals surface area contributed by atoms with Gasteiger partial charge in [-0.25, -0.2) is 4.57 Å². The van der Waals surface area contributed by atoms with Gasteiger partial charge in [0.2, 0.25) is 0 Å². The Kier molecular flexibility index (Phi) is 5.60. The number of rotatable bonds is 2. The number of aliphatic carboxylic acids is 1. The number of aliphatic hydroxyl groups is 1. The second-order valence-corrected chi connectivity index (χ2v) is 5.20. The fraction of sp³-hybridized carbons (Fsp3) is 0.300. The number of carboxylic acids is 1. The van der Waals surface area contributed by atoms with Gasteiger partial charge in [-0.1, -0.05) is 0 Å². The molecular weight excluding hydrogens is 317 g/mol. The smallest absolute Gasteiger partial charge is 0.430 e. The van der Waals surface area contributed by atoms with Gasteiger partial charge in [0.15, 0.2) is 22.9 Å². The minimum atomic E-state index is -5.19. The lowest BCUT2D eigenvalue weighted by Crippen LogP contribution is -2.37. The Balaban J connectivity index is 0.000000246. The van der Waals surface area contributed by atoms with Crippen LogP contribution in [0.5, 0.6) is 0 Å². The minimum Gasteiger partial charge on any atom is -0.542 e. The molecule has 0 spiro atoms. The summed E-state index contributed by atoms with van der Waals surface area (Å²) in [5.74, 6) is -3.01. The molecule has 2 N–H and O–H groups in total. The van der Waals surface area contributed by atoms with Crippen LogP contribution in [0.15, 0.2) is 18.5 Å². The van der Waals surface area contributed by atoms with Gasteiger partial charge in [0.05, 0.1) is 4.70 Å². The molecule has 0 atom stereocenters. The number of thiazole rings is 1. The van der Waals surface area contributed by atoms with Crippen LogP contribution in [0, 0.1) is 3.95 Å². The molecule has 110 valence electrons. The third-order valence-corrected chi connectivity index (χ3v) is 3.22. The standard InChI is InChI=1S/C8H8N2OS2.C2HF3O2/c11-4-3-10-2-1-7-6(5-10)9-8(12)13-7;3-2(4,5)1(6)7/h1-2,5,11H,3-4H2;(H,6,7). The number of carbonyl (C=O) groups is 1. The van der Waals surface area contributed by atoms with Crippen LogP contribution in [0.2, 0.25) is 0 Å². The fourth-order valence-corrected chi connectivity index (χ4v) is 2.28. The summed E-state index contributed by atoms with van der Waals surface area (Å²) >= 11 is 6.59. The number of aliphatic hydroxyl groups excluding tert-OH is 1. The predicted molar refractivity (Wildman–Crippen MR) is 65.4 cm³/mol. The zero-order valence-corrected chi connectivity index (χ0v) is 11.4. The molecule has 0 aliphatic carbocycles. The number of alkyl halides is 3. The molecule has 10 heteroatoms. The maximum absolute atomic E-state index is 10.5. The van der Waals surface area contributed by atoms with E-state index in [-0.39, 0.29) is 6.61 Å². The molecule has 2 rings (SSSR count). The van der Waals surface area contributed by atoms with E-state index in [2.05, 4.69) is 4.98 Å².